The topological polar surface area (TPSA) is 87.3 Å². The van der Waals surface area contributed by atoms with Crippen LogP contribution < -0.4 is 16.2 Å². The van der Waals surface area contributed by atoms with Gasteiger partial charge in [0.15, 0.2) is 0 Å². The number of rotatable bonds is 7. The van der Waals surface area contributed by atoms with Gasteiger partial charge in [0, 0.05) is 9.92 Å². The van der Waals surface area contributed by atoms with Crippen LogP contribution in [0.1, 0.15) is 5.56 Å². The quantitative estimate of drug-likeness (QED) is 0.497. The highest BCUT2D eigenvalue weighted by atomic mass is 35.5. The highest BCUT2D eigenvalue weighted by molar-refractivity contribution is 8.00. The van der Waals surface area contributed by atoms with E-state index >= 15 is 0 Å². The molecule has 2 aromatic rings. The van der Waals surface area contributed by atoms with Crippen LogP contribution >= 0.6 is 23.4 Å². The van der Waals surface area contributed by atoms with Gasteiger partial charge in [-0.1, -0.05) is 41.9 Å². The number of carbonyl (C=O) groups is 3. The van der Waals surface area contributed by atoms with E-state index in [2.05, 4.69) is 16.2 Å². The lowest BCUT2D eigenvalue weighted by atomic mass is 10.1. The van der Waals surface area contributed by atoms with Crippen molar-refractivity contribution in [3.63, 3.8) is 0 Å². The molecule has 3 amide bonds. The summed E-state index contributed by atoms with van der Waals surface area (Å²) in [6, 6.07) is 16.3. The number of amides is 3. The zero-order chi connectivity index (χ0) is 18.8. The van der Waals surface area contributed by atoms with Crippen molar-refractivity contribution in [3.8, 4) is 0 Å². The smallest absolute Gasteiger partial charge is 0.257 e. The zero-order valence-electron chi connectivity index (χ0n) is 13.8. The summed E-state index contributed by atoms with van der Waals surface area (Å²) >= 11 is 7.11. The van der Waals surface area contributed by atoms with Crippen molar-refractivity contribution in [2.24, 2.45) is 0 Å². The minimum Gasteiger partial charge on any atom is -0.347 e. The summed E-state index contributed by atoms with van der Waals surface area (Å²) < 4.78 is 0. The van der Waals surface area contributed by atoms with Crippen LogP contribution in [0, 0.1) is 0 Å². The molecule has 26 heavy (non-hydrogen) atoms. The van der Waals surface area contributed by atoms with Gasteiger partial charge in [-0.3, -0.25) is 25.2 Å². The lowest BCUT2D eigenvalue weighted by Crippen LogP contribution is -2.47. The van der Waals surface area contributed by atoms with Crippen molar-refractivity contribution in [1.82, 2.24) is 16.2 Å². The molecule has 0 fully saturated rings. The van der Waals surface area contributed by atoms with E-state index in [4.69, 9.17) is 11.6 Å². The Balaban J connectivity index is 1.61. The second-order valence-corrected chi connectivity index (χ2v) is 6.76. The van der Waals surface area contributed by atoms with Crippen molar-refractivity contribution in [2.45, 2.75) is 11.3 Å². The summed E-state index contributed by atoms with van der Waals surface area (Å²) in [7, 11) is 0. The summed E-state index contributed by atoms with van der Waals surface area (Å²) in [5, 5.41) is 3.12. The third-order valence-electron chi connectivity index (χ3n) is 3.18. The average molecular weight is 392 g/mol. The minimum absolute atomic E-state index is 0.141. The molecule has 0 aromatic heterocycles. The molecule has 2 aromatic carbocycles. The molecule has 0 unspecified atom stereocenters. The number of carbonyl (C=O) groups excluding carboxylic acids is 3. The minimum atomic E-state index is -0.503. The molecule has 2 rings (SSSR count). The predicted molar refractivity (Wildman–Crippen MR) is 102 cm³/mol. The fourth-order valence-corrected chi connectivity index (χ4v) is 2.75. The van der Waals surface area contributed by atoms with Crippen molar-refractivity contribution in [3.05, 3.63) is 65.2 Å². The Morgan fingerprint density at radius 3 is 2.19 bits per heavy atom. The summed E-state index contributed by atoms with van der Waals surface area (Å²) in [5.74, 6) is -0.983. The Morgan fingerprint density at radius 1 is 0.846 bits per heavy atom. The number of hydrogen-bond acceptors (Lipinski definition) is 4. The van der Waals surface area contributed by atoms with Crippen LogP contribution in [-0.2, 0) is 20.8 Å². The number of thioether (sulfide) groups is 1. The van der Waals surface area contributed by atoms with Crippen molar-refractivity contribution in [1.29, 1.82) is 0 Å². The number of nitrogens with one attached hydrogen (secondary N) is 3. The Kier molecular flexibility index (Phi) is 7.98. The summed E-state index contributed by atoms with van der Waals surface area (Å²) in [6.45, 7) is -0.212. The largest absolute Gasteiger partial charge is 0.347 e. The molecule has 6 nitrogen and oxygen atoms in total. The standard InChI is InChI=1S/C18H18ClN3O3S/c19-14-6-8-15(9-7-14)26-12-18(25)22-21-17(24)11-20-16(23)10-13-4-2-1-3-5-13/h1-9H,10-12H2,(H,20,23)(H,21,24)(H,22,25). The molecule has 0 saturated carbocycles. The highest BCUT2D eigenvalue weighted by Gasteiger charge is 2.08. The fraction of sp³-hybridized carbons (Fsp3) is 0.167. The molecule has 0 aliphatic carbocycles. The van der Waals surface area contributed by atoms with Gasteiger partial charge in [-0.05, 0) is 29.8 Å². The SMILES string of the molecule is O=C(Cc1ccccc1)NCC(=O)NNC(=O)CSc1ccc(Cl)cc1. The summed E-state index contributed by atoms with van der Waals surface area (Å²) in [5.41, 5.74) is 5.42. The molecule has 8 heteroatoms. The first-order valence-electron chi connectivity index (χ1n) is 7.79. The third-order valence-corrected chi connectivity index (χ3v) is 4.44. The first-order chi connectivity index (χ1) is 12.5. The molecule has 3 N–H and O–H groups in total. The maximum Gasteiger partial charge on any atom is 0.257 e. The maximum absolute atomic E-state index is 11.7. The van der Waals surface area contributed by atoms with Gasteiger partial charge in [0.25, 0.3) is 5.91 Å². The van der Waals surface area contributed by atoms with Gasteiger partial charge in [-0.2, -0.15) is 0 Å². The van der Waals surface area contributed by atoms with Crippen LogP contribution in [0.4, 0.5) is 0 Å². The normalized spacial score (nSPS) is 10.0. The predicted octanol–water partition coefficient (Wildman–Crippen LogP) is 1.94. The molecule has 0 aliphatic heterocycles. The molecule has 0 bridgehead atoms. The van der Waals surface area contributed by atoms with E-state index in [-0.39, 0.29) is 30.5 Å². The van der Waals surface area contributed by atoms with Crippen molar-refractivity contribution in [2.75, 3.05) is 12.3 Å². The van der Waals surface area contributed by atoms with Gasteiger partial charge in [0.1, 0.15) is 0 Å². The number of hydrogen-bond donors (Lipinski definition) is 3. The first kappa shape index (κ1) is 19.8. The summed E-state index contributed by atoms with van der Waals surface area (Å²) in [6.07, 6.45) is 0.193. The monoisotopic (exact) mass is 391 g/mol. The molecule has 0 saturated heterocycles. The second-order valence-electron chi connectivity index (χ2n) is 5.28. The summed E-state index contributed by atoms with van der Waals surface area (Å²) in [4.78, 5) is 36.0. The second kappa shape index (κ2) is 10.5. The van der Waals surface area contributed by atoms with E-state index in [0.717, 1.165) is 10.5 Å². The van der Waals surface area contributed by atoms with Crippen molar-refractivity contribution < 1.29 is 14.4 Å². The van der Waals surface area contributed by atoms with E-state index in [9.17, 15) is 14.4 Å². The van der Waals surface area contributed by atoms with Gasteiger partial charge < -0.3 is 5.32 Å². The van der Waals surface area contributed by atoms with Crippen LogP contribution in [0.3, 0.4) is 0 Å². The third kappa shape index (κ3) is 7.58. The Bertz CT molecular complexity index is 754. The number of halogens is 1. The molecular weight excluding hydrogens is 374 g/mol. The fourth-order valence-electron chi connectivity index (χ4n) is 1.92. The van der Waals surface area contributed by atoms with Gasteiger partial charge in [-0.25, -0.2) is 0 Å². The molecule has 136 valence electrons. The van der Waals surface area contributed by atoms with E-state index in [1.807, 2.05) is 30.3 Å². The molecule has 0 radical (unpaired) electrons. The number of benzene rings is 2. The highest BCUT2D eigenvalue weighted by Crippen LogP contribution is 2.19. The van der Waals surface area contributed by atoms with E-state index in [1.54, 1.807) is 24.3 Å². The van der Waals surface area contributed by atoms with Crippen LogP contribution in [0.25, 0.3) is 0 Å². The van der Waals surface area contributed by atoms with Crippen LogP contribution in [0.15, 0.2) is 59.5 Å². The molecule has 0 atom stereocenters. The zero-order valence-corrected chi connectivity index (χ0v) is 15.4. The van der Waals surface area contributed by atoms with Gasteiger partial charge in [0.05, 0.1) is 18.7 Å². The van der Waals surface area contributed by atoms with Gasteiger partial charge in [-0.15, -0.1) is 11.8 Å². The Hall–Kier alpha value is -2.51. The first-order valence-corrected chi connectivity index (χ1v) is 9.16. The van der Waals surface area contributed by atoms with Crippen LogP contribution in [0.5, 0.6) is 0 Å². The van der Waals surface area contributed by atoms with E-state index < -0.39 is 5.91 Å². The molecule has 0 spiro atoms. The number of hydrazine groups is 1. The average Bonchev–Trinajstić information content (AvgIpc) is 2.65. The van der Waals surface area contributed by atoms with E-state index in [1.165, 1.54) is 11.8 Å². The maximum atomic E-state index is 11.7. The lowest BCUT2D eigenvalue weighted by molar-refractivity contribution is -0.128. The van der Waals surface area contributed by atoms with E-state index in [0.29, 0.717) is 5.02 Å². The van der Waals surface area contributed by atoms with Gasteiger partial charge >= 0.3 is 0 Å². The Morgan fingerprint density at radius 2 is 1.50 bits per heavy atom. The lowest BCUT2D eigenvalue weighted by Gasteiger charge is -2.08. The van der Waals surface area contributed by atoms with Crippen LogP contribution in [-0.4, -0.2) is 30.0 Å². The van der Waals surface area contributed by atoms with Crippen molar-refractivity contribution >= 4 is 41.1 Å². The van der Waals surface area contributed by atoms with Gasteiger partial charge in [0.2, 0.25) is 11.8 Å². The molecule has 0 heterocycles. The molecule has 0 aliphatic rings. The molecular formula is C18H18ClN3O3S. The Labute approximate surface area is 160 Å². The van der Waals surface area contributed by atoms with Crippen LogP contribution in [0.2, 0.25) is 5.02 Å².